The third kappa shape index (κ3) is 5.42. The van der Waals surface area contributed by atoms with E-state index in [-0.39, 0.29) is 36.8 Å². The fourth-order valence-corrected chi connectivity index (χ4v) is 3.27. The monoisotopic (exact) mass is 374 g/mol. The van der Waals surface area contributed by atoms with Gasteiger partial charge in [-0.2, -0.15) is 0 Å². The van der Waals surface area contributed by atoms with E-state index in [4.69, 9.17) is 0 Å². The summed E-state index contributed by atoms with van der Waals surface area (Å²) in [4.78, 5) is 16.1. The number of imidazole rings is 1. The molecule has 0 saturated carbocycles. The van der Waals surface area contributed by atoms with E-state index in [1.807, 2.05) is 22.9 Å². The molecule has 1 fully saturated rings. The summed E-state index contributed by atoms with van der Waals surface area (Å²) in [6.07, 6.45) is 5.51. The third-order valence-corrected chi connectivity index (χ3v) is 4.46. The molecule has 23 heavy (non-hydrogen) atoms. The van der Waals surface area contributed by atoms with Crippen LogP contribution in [0.25, 0.3) is 0 Å². The van der Waals surface area contributed by atoms with Crippen molar-refractivity contribution in [1.29, 1.82) is 0 Å². The maximum Gasteiger partial charge on any atom is 0.238 e. The second-order valence-corrected chi connectivity index (χ2v) is 6.02. The molecule has 0 aliphatic carbocycles. The van der Waals surface area contributed by atoms with Gasteiger partial charge in [0.25, 0.3) is 0 Å². The summed E-state index contributed by atoms with van der Waals surface area (Å²) in [5, 5.41) is 6.20. The highest BCUT2D eigenvalue weighted by Crippen LogP contribution is 2.12. The van der Waals surface area contributed by atoms with E-state index < -0.39 is 0 Å². The summed E-state index contributed by atoms with van der Waals surface area (Å²) < 4.78 is 2.02. The van der Waals surface area contributed by atoms with Crippen LogP contribution in [0.5, 0.6) is 0 Å². The van der Waals surface area contributed by atoms with Crippen molar-refractivity contribution in [3.8, 4) is 0 Å². The maximum absolute atomic E-state index is 12.0. The highest BCUT2D eigenvalue weighted by atomic mass is 35.5. The van der Waals surface area contributed by atoms with Gasteiger partial charge < -0.3 is 9.88 Å². The molecule has 1 aromatic carbocycles. The molecule has 1 aliphatic heterocycles. The minimum atomic E-state index is -0.0594. The Bertz CT molecular complexity index is 603. The van der Waals surface area contributed by atoms with Crippen LogP contribution in [0.4, 0.5) is 0 Å². The predicted molar refractivity (Wildman–Crippen MR) is 98.4 cm³/mol. The van der Waals surface area contributed by atoms with Crippen LogP contribution in [-0.4, -0.2) is 33.1 Å². The average molecular weight is 375 g/mol. The number of benzene rings is 1. The van der Waals surface area contributed by atoms with Crippen molar-refractivity contribution in [3.05, 3.63) is 54.1 Å². The highest BCUT2D eigenvalue weighted by molar-refractivity contribution is 7.99. The van der Waals surface area contributed by atoms with Crippen LogP contribution in [0.3, 0.4) is 0 Å². The minimum absolute atomic E-state index is 0. The first kappa shape index (κ1) is 19.8. The Labute approximate surface area is 152 Å². The van der Waals surface area contributed by atoms with Crippen LogP contribution in [-0.2, 0) is 17.9 Å². The zero-order valence-electron chi connectivity index (χ0n) is 12.5. The van der Waals surface area contributed by atoms with E-state index in [2.05, 4.69) is 27.8 Å². The molecule has 2 heterocycles. The van der Waals surface area contributed by atoms with Crippen LogP contribution in [0.1, 0.15) is 11.1 Å². The van der Waals surface area contributed by atoms with E-state index in [9.17, 15) is 4.79 Å². The summed E-state index contributed by atoms with van der Waals surface area (Å²) in [6, 6.07) is 8.11. The molecule has 0 radical (unpaired) electrons. The van der Waals surface area contributed by atoms with E-state index in [0.29, 0.717) is 6.54 Å². The molecule has 1 amide bonds. The molecular weight excluding hydrogens is 355 g/mol. The second kappa shape index (κ2) is 9.82. The van der Waals surface area contributed by atoms with Gasteiger partial charge in [-0.25, -0.2) is 4.98 Å². The van der Waals surface area contributed by atoms with Gasteiger partial charge in [0.1, 0.15) is 0 Å². The molecule has 8 heteroatoms. The van der Waals surface area contributed by atoms with E-state index in [1.54, 1.807) is 24.3 Å². The summed E-state index contributed by atoms with van der Waals surface area (Å²) in [5.74, 6) is 1.79. The third-order valence-electron chi connectivity index (χ3n) is 3.52. The lowest BCUT2D eigenvalue weighted by Gasteiger charge is -2.13. The molecule has 1 atom stereocenters. The molecule has 1 aliphatic rings. The number of rotatable bonds is 5. The van der Waals surface area contributed by atoms with Crippen molar-refractivity contribution >= 4 is 42.5 Å². The quantitative estimate of drug-likeness (QED) is 0.840. The van der Waals surface area contributed by atoms with Gasteiger partial charge >= 0.3 is 0 Å². The van der Waals surface area contributed by atoms with Gasteiger partial charge in [0.15, 0.2) is 0 Å². The smallest absolute Gasteiger partial charge is 0.238 e. The van der Waals surface area contributed by atoms with Crippen molar-refractivity contribution in [2.45, 2.75) is 19.1 Å². The van der Waals surface area contributed by atoms with Crippen molar-refractivity contribution < 1.29 is 4.79 Å². The number of amides is 1. The van der Waals surface area contributed by atoms with Gasteiger partial charge in [0, 0.05) is 37.1 Å². The zero-order valence-corrected chi connectivity index (χ0v) is 14.9. The van der Waals surface area contributed by atoms with Gasteiger partial charge in [0.05, 0.1) is 12.4 Å². The number of halogens is 2. The first-order valence-electron chi connectivity index (χ1n) is 6.94. The highest BCUT2D eigenvalue weighted by Gasteiger charge is 2.22. The molecule has 1 unspecified atom stereocenters. The zero-order chi connectivity index (χ0) is 14.5. The number of hydrogen-bond donors (Lipinski definition) is 2. The number of nitrogens with one attached hydrogen (secondary N) is 2. The lowest BCUT2D eigenvalue weighted by Crippen LogP contribution is -2.41. The first-order chi connectivity index (χ1) is 10.3. The molecule has 126 valence electrons. The van der Waals surface area contributed by atoms with Crippen LogP contribution in [0, 0.1) is 0 Å². The lowest BCUT2D eigenvalue weighted by atomic mass is 10.1. The molecule has 3 rings (SSSR count). The number of aromatic nitrogens is 2. The number of nitrogens with zero attached hydrogens (tertiary/aromatic N) is 2. The maximum atomic E-state index is 12.0. The fourth-order valence-electron chi connectivity index (χ4n) is 2.33. The molecule has 0 bridgehead atoms. The standard InChI is InChI=1S/C15H18N4OS.2ClH/c20-15(14-9-21-11-18-14)17-7-12-3-1-2-4-13(12)8-19-6-5-16-10-19;;/h1-6,10,14,18H,7-9,11H2,(H,17,20);2*1H. The van der Waals surface area contributed by atoms with Crippen LogP contribution in [0.15, 0.2) is 43.0 Å². The van der Waals surface area contributed by atoms with Crippen molar-refractivity contribution in [2.24, 2.45) is 0 Å². The van der Waals surface area contributed by atoms with Crippen molar-refractivity contribution in [3.63, 3.8) is 0 Å². The Morgan fingerprint density at radius 3 is 2.78 bits per heavy atom. The number of carbonyl (C=O) groups is 1. The Hall–Kier alpha value is -1.21. The van der Waals surface area contributed by atoms with Crippen LogP contribution >= 0.6 is 36.6 Å². The summed E-state index contributed by atoms with van der Waals surface area (Å²) in [7, 11) is 0. The van der Waals surface area contributed by atoms with E-state index >= 15 is 0 Å². The van der Waals surface area contributed by atoms with Gasteiger partial charge in [-0.1, -0.05) is 24.3 Å². The lowest BCUT2D eigenvalue weighted by molar-refractivity contribution is -0.122. The Kier molecular flexibility index (Phi) is 8.47. The van der Waals surface area contributed by atoms with Gasteiger partial charge in [-0.15, -0.1) is 36.6 Å². The van der Waals surface area contributed by atoms with Crippen LogP contribution in [0.2, 0.25) is 0 Å². The Morgan fingerprint density at radius 2 is 2.13 bits per heavy atom. The van der Waals surface area contributed by atoms with Crippen LogP contribution < -0.4 is 10.6 Å². The van der Waals surface area contributed by atoms with Gasteiger partial charge in [-0.3, -0.25) is 10.1 Å². The fraction of sp³-hybridized carbons (Fsp3) is 0.333. The molecular formula is C15H20Cl2N4OS. The Balaban J connectivity index is 0.00000132. The first-order valence-corrected chi connectivity index (χ1v) is 8.10. The number of hydrogen-bond acceptors (Lipinski definition) is 4. The topological polar surface area (TPSA) is 59.0 Å². The number of carbonyl (C=O) groups excluding carboxylic acids is 1. The van der Waals surface area contributed by atoms with E-state index in [0.717, 1.165) is 23.7 Å². The van der Waals surface area contributed by atoms with Crippen molar-refractivity contribution in [1.82, 2.24) is 20.2 Å². The van der Waals surface area contributed by atoms with Gasteiger partial charge in [0.2, 0.25) is 5.91 Å². The molecule has 2 aromatic rings. The van der Waals surface area contributed by atoms with Crippen molar-refractivity contribution in [2.75, 3.05) is 11.6 Å². The molecule has 1 aromatic heterocycles. The minimum Gasteiger partial charge on any atom is -0.351 e. The molecule has 0 spiro atoms. The summed E-state index contributed by atoms with van der Waals surface area (Å²) in [5.41, 5.74) is 2.34. The molecule has 2 N–H and O–H groups in total. The second-order valence-electron chi connectivity index (χ2n) is 4.99. The largest absolute Gasteiger partial charge is 0.351 e. The SMILES string of the molecule is Cl.Cl.O=C(NCc1ccccc1Cn1ccnc1)C1CSCN1. The normalized spacial score (nSPS) is 16.3. The van der Waals surface area contributed by atoms with E-state index in [1.165, 1.54) is 5.56 Å². The van der Waals surface area contributed by atoms with Gasteiger partial charge in [-0.05, 0) is 11.1 Å². The summed E-state index contributed by atoms with van der Waals surface area (Å²) >= 11 is 1.76. The Morgan fingerprint density at radius 1 is 1.35 bits per heavy atom. The summed E-state index contributed by atoms with van der Waals surface area (Å²) in [6.45, 7) is 1.33. The molecule has 5 nitrogen and oxygen atoms in total. The predicted octanol–water partition coefficient (Wildman–Crippen LogP) is 2.05. The molecule has 1 saturated heterocycles. The number of thioether (sulfide) groups is 1. The average Bonchev–Trinajstić information content (AvgIpc) is 3.19.